The van der Waals surface area contributed by atoms with Gasteiger partial charge < -0.3 is 19.3 Å². The van der Waals surface area contributed by atoms with Crippen molar-refractivity contribution >= 4 is 5.69 Å². The highest BCUT2D eigenvalue weighted by Gasteiger charge is 2.17. The van der Waals surface area contributed by atoms with Crippen LogP contribution in [0, 0.1) is 10.1 Å². The molecule has 0 atom stereocenters. The van der Waals surface area contributed by atoms with Gasteiger partial charge in [0.05, 0.1) is 19.1 Å². The topological polar surface area (TPSA) is 91.1 Å². The molecular formula is C14H13NO6. The molecule has 2 rings (SSSR count). The van der Waals surface area contributed by atoms with Crippen LogP contribution in [0.2, 0.25) is 0 Å². The number of benzene rings is 2. The summed E-state index contributed by atoms with van der Waals surface area (Å²) in [5.74, 6) is 1.07. The second-order valence-electron chi connectivity index (χ2n) is 4.03. The van der Waals surface area contributed by atoms with Crippen LogP contribution in [0.25, 0.3) is 0 Å². The Kier molecular flexibility index (Phi) is 4.13. The van der Waals surface area contributed by atoms with Crippen molar-refractivity contribution in [2.75, 3.05) is 14.2 Å². The van der Waals surface area contributed by atoms with Crippen LogP contribution in [0.1, 0.15) is 0 Å². The van der Waals surface area contributed by atoms with Crippen LogP contribution in [-0.2, 0) is 0 Å². The van der Waals surface area contributed by atoms with E-state index in [4.69, 9.17) is 14.2 Å². The Labute approximate surface area is 120 Å². The standard InChI is InChI=1S/C14H13NO6/c1-19-12-6-4-10(8-14(12)20-2)21-13-7-9(16)3-5-11(13)15(17)18/h3-8,16H,1-2H3. The molecule has 0 unspecified atom stereocenters. The van der Waals surface area contributed by atoms with E-state index in [0.717, 1.165) is 0 Å². The zero-order chi connectivity index (χ0) is 15.4. The summed E-state index contributed by atoms with van der Waals surface area (Å²) in [4.78, 5) is 10.4. The van der Waals surface area contributed by atoms with Gasteiger partial charge >= 0.3 is 5.69 Å². The predicted molar refractivity (Wildman–Crippen MR) is 74.4 cm³/mol. The maximum absolute atomic E-state index is 10.9. The SMILES string of the molecule is COc1ccc(Oc2cc(O)ccc2[N+](=O)[O-])cc1OC. The fraction of sp³-hybridized carbons (Fsp3) is 0.143. The van der Waals surface area contributed by atoms with Crippen LogP contribution in [0.5, 0.6) is 28.7 Å². The summed E-state index contributed by atoms with van der Waals surface area (Å²) in [5.41, 5.74) is -0.248. The maximum Gasteiger partial charge on any atom is 0.311 e. The third kappa shape index (κ3) is 3.14. The fourth-order valence-electron chi connectivity index (χ4n) is 1.74. The van der Waals surface area contributed by atoms with Crippen molar-refractivity contribution in [1.82, 2.24) is 0 Å². The van der Waals surface area contributed by atoms with Gasteiger partial charge in [-0.25, -0.2) is 0 Å². The van der Waals surface area contributed by atoms with Crippen LogP contribution in [0.3, 0.4) is 0 Å². The zero-order valence-corrected chi connectivity index (χ0v) is 11.4. The van der Waals surface area contributed by atoms with E-state index < -0.39 is 4.92 Å². The number of hydrogen-bond acceptors (Lipinski definition) is 6. The second kappa shape index (κ2) is 6.00. The Balaban J connectivity index is 2.38. The van der Waals surface area contributed by atoms with E-state index in [2.05, 4.69) is 0 Å². The number of ether oxygens (including phenoxy) is 3. The summed E-state index contributed by atoms with van der Waals surface area (Å²) in [7, 11) is 2.97. The van der Waals surface area contributed by atoms with Gasteiger partial charge in [0.1, 0.15) is 11.5 Å². The van der Waals surface area contributed by atoms with Crippen molar-refractivity contribution in [3.8, 4) is 28.7 Å². The number of hydrogen-bond donors (Lipinski definition) is 1. The number of aromatic hydroxyl groups is 1. The van der Waals surface area contributed by atoms with Crippen molar-refractivity contribution < 1.29 is 24.2 Å². The first-order valence-electron chi connectivity index (χ1n) is 5.92. The molecule has 0 radical (unpaired) electrons. The van der Waals surface area contributed by atoms with E-state index in [-0.39, 0.29) is 17.2 Å². The van der Waals surface area contributed by atoms with Crippen molar-refractivity contribution in [1.29, 1.82) is 0 Å². The molecule has 7 heteroatoms. The predicted octanol–water partition coefficient (Wildman–Crippen LogP) is 3.11. The molecule has 2 aromatic rings. The second-order valence-corrected chi connectivity index (χ2v) is 4.03. The first-order chi connectivity index (χ1) is 10.0. The summed E-state index contributed by atoms with van der Waals surface area (Å²) in [6.45, 7) is 0. The van der Waals surface area contributed by atoms with Gasteiger partial charge in [0, 0.05) is 18.2 Å². The third-order valence-corrected chi connectivity index (χ3v) is 2.72. The van der Waals surface area contributed by atoms with E-state index in [1.165, 1.54) is 38.5 Å². The lowest BCUT2D eigenvalue weighted by molar-refractivity contribution is -0.385. The molecule has 0 bridgehead atoms. The zero-order valence-electron chi connectivity index (χ0n) is 11.4. The Morgan fingerprint density at radius 2 is 1.71 bits per heavy atom. The number of methoxy groups -OCH3 is 2. The van der Waals surface area contributed by atoms with Gasteiger partial charge in [0.25, 0.3) is 0 Å². The monoisotopic (exact) mass is 291 g/mol. The molecule has 110 valence electrons. The molecule has 21 heavy (non-hydrogen) atoms. The number of phenolic OH excluding ortho intramolecular Hbond substituents is 1. The van der Waals surface area contributed by atoms with Gasteiger partial charge in [-0.3, -0.25) is 10.1 Å². The Morgan fingerprint density at radius 1 is 1.00 bits per heavy atom. The molecule has 0 saturated carbocycles. The molecule has 0 amide bonds. The molecule has 0 spiro atoms. The smallest absolute Gasteiger partial charge is 0.311 e. The summed E-state index contributed by atoms with van der Waals surface area (Å²) < 4.78 is 15.7. The van der Waals surface area contributed by atoms with Crippen molar-refractivity contribution in [3.63, 3.8) is 0 Å². The Bertz CT molecular complexity index is 671. The normalized spacial score (nSPS) is 10.0. The molecule has 0 aliphatic carbocycles. The van der Waals surface area contributed by atoms with Gasteiger partial charge in [0.15, 0.2) is 11.5 Å². The number of nitro benzene ring substituents is 1. The lowest BCUT2D eigenvalue weighted by Gasteiger charge is -2.11. The first kappa shape index (κ1) is 14.4. The van der Waals surface area contributed by atoms with Crippen LogP contribution in [-0.4, -0.2) is 24.2 Å². The molecule has 0 aromatic heterocycles. The highest BCUT2D eigenvalue weighted by atomic mass is 16.6. The maximum atomic E-state index is 10.9. The van der Waals surface area contributed by atoms with E-state index in [1.807, 2.05) is 0 Å². The molecule has 7 nitrogen and oxygen atoms in total. The molecule has 0 aliphatic rings. The van der Waals surface area contributed by atoms with Crippen LogP contribution in [0.4, 0.5) is 5.69 Å². The van der Waals surface area contributed by atoms with Crippen LogP contribution < -0.4 is 14.2 Å². The fourth-order valence-corrected chi connectivity index (χ4v) is 1.74. The number of rotatable bonds is 5. The van der Waals surface area contributed by atoms with Gasteiger partial charge in [-0.15, -0.1) is 0 Å². The Hall–Kier alpha value is -2.96. The van der Waals surface area contributed by atoms with Gasteiger partial charge in [0.2, 0.25) is 5.75 Å². The van der Waals surface area contributed by atoms with Crippen molar-refractivity contribution in [2.24, 2.45) is 0 Å². The molecule has 0 aliphatic heterocycles. The molecular weight excluding hydrogens is 278 g/mol. The lowest BCUT2D eigenvalue weighted by Crippen LogP contribution is -1.94. The van der Waals surface area contributed by atoms with E-state index >= 15 is 0 Å². The molecule has 0 saturated heterocycles. The molecule has 2 aromatic carbocycles. The number of nitro groups is 1. The third-order valence-electron chi connectivity index (χ3n) is 2.72. The van der Waals surface area contributed by atoms with Gasteiger partial charge in [-0.1, -0.05) is 0 Å². The number of nitrogens with zero attached hydrogens (tertiary/aromatic N) is 1. The minimum absolute atomic E-state index is 0.0628. The largest absolute Gasteiger partial charge is 0.508 e. The number of phenols is 1. The minimum Gasteiger partial charge on any atom is -0.508 e. The van der Waals surface area contributed by atoms with E-state index in [9.17, 15) is 15.2 Å². The van der Waals surface area contributed by atoms with Crippen molar-refractivity contribution in [3.05, 3.63) is 46.5 Å². The average Bonchev–Trinajstić information content (AvgIpc) is 2.46. The molecule has 1 N–H and O–H groups in total. The lowest BCUT2D eigenvalue weighted by atomic mass is 10.2. The van der Waals surface area contributed by atoms with E-state index in [0.29, 0.717) is 17.2 Å². The highest BCUT2D eigenvalue weighted by Crippen LogP contribution is 2.37. The van der Waals surface area contributed by atoms with E-state index in [1.54, 1.807) is 12.1 Å². The summed E-state index contributed by atoms with van der Waals surface area (Å²) >= 11 is 0. The quantitative estimate of drug-likeness (QED) is 0.672. The van der Waals surface area contributed by atoms with Crippen LogP contribution >= 0.6 is 0 Å². The average molecular weight is 291 g/mol. The van der Waals surface area contributed by atoms with Crippen LogP contribution in [0.15, 0.2) is 36.4 Å². The first-order valence-corrected chi connectivity index (χ1v) is 5.92. The summed E-state index contributed by atoms with van der Waals surface area (Å²) in [6.07, 6.45) is 0. The van der Waals surface area contributed by atoms with Gasteiger partial charge in [-0.2, -0.15) is 0 Å². The Morgan fingerprint density at radius 3 is 2.33 bits per heavy atom. The van der Waals surface area contributed by atoms with Crippen molar-refractivity contribution in [2.45, 2.75) is 0 Å². The molecule has 0 heterocycles. The minimum atomic E-state index is -0.588. The molecule has 0 fully saturated rings. The summed E-state index contributed by atoms with van der Waals surface area (Å²) in [5, 5.41) is 20.4. The summed E-state index contributed by atoms with van der Waals surface area (Å²) in [6, 6.07) is 8.30. The highest BCUT2D eigenvalue weighted by molar-refractivity contribution is 5.53. The van der Waals surface area contributed by atoms with Gasteiger partial charge in [-0.05, 0) is 18.2 Å².